The van der Waals surface area contributed by atoms with Crippen molar-refractivity contribution in [1.82, 2.24) is 4.90 Å². The van der Waals surface area contributed by atoms with Gasteiger partial charge in [-0.2, -0.15) is 0 Å². The van der Waals surface area contributed by atoms with Crippen molar-refractivity contribution in [1.29, 1.82) is 0 Å². The van der Waals surface area contributed by atoms with Crippen LogP contribution in [0.1, 0.15) is 0 Å². The van der Waals surface area contributed by atoms with E-state index in [1.165, 1.54) is 14.2 Å². The Bertz CT molecular complexity index is 185. The Kier molecular flexibility index (Phi) is 4.35. The normalized spacial score (nSPS) is 20.5. The zero-order valence-corrected chi connectivity index (χ0v) is 8.96. The molecule has 1 saturated heterocycles. The lowest BCUT2D eigenvalue weighted by Crippen LogP contribution is -2.37. The molecule has 0 aromatic heterocycles. The quantitative estimate of drug-likeness (QED) is 0.640. The minimum absolute atomic E-state index is 0.351. The third kappa shape index (κ3) is 3.37. The van der Waals surface area contributed by atoms with Crippen LogP contribution in [0.3, 0.4) is 0 Å². The first-order chi connectivity index (χ1) is 6.20. The van der Waals surface area contributed by atoms with E-state index in [-0.39, 0.29) is 0 Å². The van der Waals surface area contributed by atoms with Crippen molar-refractivity contribution in [2.24, 2.45) is 0 Å². The Morgan fingerprint density at radius 2 is 1.85 bits per heavy atom. The van der Waals surface area contributed by atoms with Crippen LogP contribution < -0.4 is 0 Å². The molecule has 1 aliphatic rings. The van der Waals surface area contributed by atoms with Crippen molar-refractivity contribution < 1.29 is 18.3 Å². The summed E-state index contributed by atoms with van der Waals surface area (Å²) in [5.41, 5.74) is 0. The van der Waals surface area contributed by atoms with E-state index < -0.39 is 7.60 Å². The van der Waals surface area contributed by atoms with E-state index in [1.54, 1.807) is 0 Å². The van der Waals surface area contributed by atoms with Gasteiger partial charge in [-0.05, 0) is 0 Å². The zero-order chi connectivity index (χ0) is 9.73. The Morgan fingerprint density at radius 1 is 1.31 bits per heavy atom. The molecule has 0 amide bonds. The smallest absolute Gasteiger partial charge is 0.344 e. The maximum atomic E-state index is 11.7. The first-order valence-corrected chi connectivity index (χ1v) is 5.93. The maximum absolute atomic E-state index is 11.7. The van der Waals surface area contributed by atoms with Crippen molar-refractivity contribution in [2.75, 3.05) is 46.8 Å². The molecule has 0 atom stereocenters. The molecule has 0 unspecified atom stereocenters. The second-order valence-electron chi connectivity index (χ2n) is 2.85. The summed E-state index contributed by atoms with van der Waals surface area (Å²) in [5, 5.41) is 0. The van der Waals surface area contributed by atoms with Crippen molar-refractivity contribution in [3.05, 3.63) is 0 Å². The number of morpholine rings is 1. The summed E-state index contributed by atoms with van der Waals surface area (Å²) in [4.78, 5) is 2.03. The first kappa shape index (κ1) is 11.1. The van der Waals surface area contributed by atoms with Crippen molar-refractivity contribution in [2.45, 2.75) is 0 Å². The lowest BCUT2D eigenvalue weighted by atomic mass is 10.5. The van der Waals surface area contributed by atoms with Gasteiger partial charge in [-0.3, -0.25) is 9.46 Å². The van der Waals surface area contributed by atoms with Crippen LogP contribution in [0.2, 0.25) is 0 Å². The molecule has 0 saturated carbocycles. The van der Waals surface area contributed by atoms with Crippen molar-refractivity contribution in [3.63, 3.8) is 0 Å². The second kappa shape index (κ2) is 5.08. The van der Waals surface area contributed by atoms with E-state index in [9.17, 15) is 4.57 Å². The zero-order valence-electron chi connectivity index (χ0n) is 8.06. The Labute approximate surface area is 78.5 Å². The van der Waals surface area contributed by atoms with E-state index in [2.05, 4.69) is 0 Å². The fourth-order valence-electron chi connectivity index (χ4n) is 1.18. The van der Waals surface area contributed by atoms with Gasteiger partial charge >= 0.3 is 7.60 Å². The van der Waals surface area contributed by atoms with E-state index in [1.807, 2.05) is 4.90 Å². The monoisotopic (exact) mass is 209 g/mol. The molecule has 78 valence electrons. The highest BCUT2D eigenvalue weighted by atomic mass is 31.2. The molecule has 1 aliphatic heterocycles. The van der Waals surface area contributed by atoms with Crippen LogP contribution in [0, 0.1) is 0 Å². The summed E-state index contributed by atoms with van der Waals surface area (Å²) >= 11 is 0. The standard InChI is InChI=1S/C7H16NO4P/c1-10-13(9,11-2)7-8-3-5-12-6-4-8/h3-7H2,1-2H3. The molecule has 0 radical (unpaired) electrons. The molecule has 13 heavy (non-hydrogen) atoms. The molecular weight excluding hydrogens is 193 g/mol. The summed E-state index contributed by atoms with van der Waals surface area (Å²) in [7, 11) is -0.0643. The highest BCUT2D eigenvalue weighted by Gasteiger charge is 2.25. The molecule has 6 heteroatoms. The molecule has 0 spiro atoms. The summed E-state index contributed by atoms with van der Waals surface area (Å²) < 4.78 is 26.5. The van der Waals surface area contributed by atoms with Crippen LogP contribution >= 0.6 is 7.60 Å². The molecule has 0 bridgehead atoms. The molecule has 0 aromatic rings. The fraction of sp³-hybridized carbons (Fsp3) is 1.00. The van der Waals surface area contributed by atoms with Gasteiger partial charge in [-0.25, -0.2) is 0 Å². The molecule has 1 rings (SSSR count). The first-order valence-electron chi connectivity index (χ1n) is 4.21. The SMILES string of the molecule is COP(=O)(CN1CCOCC1)OC. The van der Waals surface area contributed by atoms with Crippen LogP contribution in [0.15, 0.2) is 0 Å². The minimum Gasteiger partial charge on any atom is -0.379 e. The maximum Gasteiger partial charge on any atom is 0.344 e. The van der Waals surface area contributed by atoms with Gasteiger partial charge in [-0.1, -0.05) is 0 Å². The average Bonchev–Trinajstić information content (AvgIpc) is 2.19. The third-order valence-corrected chi connectivity index (χ3v) is 3.89. The number of hydrogen-bond acceptors (Lipinski definition) is 5. The molecule has 1 fully saturated rings. The molecule has 0 aliphatic carbocycles. The van der Waals surface area contributed by atoms with Gasteiger partial charge in [0.15, 0.2) is 0 Å². The van der Waals surface area contributed by atoms with Crippen LogP contribution in [0.5, 0.6) is 0 Å². The Balaban J connectivity index is 2.40. The average molecular weight is 209 g/mol. The molecule has 0 aromatic carbocycles. The van der Waals surface area contributed by atoms with Crippen LogP contribution in [0.25, 0.3) is 0 Å². The number of ether oxygens (including phenoxy) is 1. The third-order valence-electron chi connectivity index (χ3n) is 2.03. The van der Waals surface area contributed by atoms with Crippen LogP contribution in [-0.4, -0.2) is 51.7 Å². The van der Waals surface area contributed by atoms with Gasteiger partial charge < -0.3 is 13.8 Å². The van der Waals surface area contributed by atoms with Crippen LogP contribution in [-0.2, 0) is 18.3 Å². The topological polar surface area (TPSA) is 48.0 Å². The van der Waals surface area contributed by atoms with Gasteiger partial charge in [0.05, 0.1) is 13.2 Å². The van der Waals surface area contributed by atoms with Crippen LogP contribution in [0.4, 0.5) is 0 Å². The van der Waals surface area contributed by atoms with Gasteiger partial charge in [0.1, 0.15) is 6.29 Å². The predicted molar refractivity (Wildman–Crippen MR) is 48.9 cm³/mol. The van der Waals surface area contributed by atoms with E-state index in [0.29, 0.717) is 19.5 Å². The highest BCUT2D eigenvalue weighted by Crippen LogP contribution is 2.46. The summed E-state index contributed by atoms with van der Waals surface area (Å²) in [5.74, 6) is 0. The lowest BCUT2D eigenvalue weighted by Gasteiger charge is -2.28. The molecule has 5 nitrogen and oxygen atoms in total. The molecule has 0 N–H and O–H groups in total. The van der Waals surface area contributed by atoms with Gasteiger partial charge in [0, 0.05) is 27.3 Å². The van der Waals surface area contributed by atoms with E-state index in [4.69, 9.17) is 13.8 Å². The summed E-state index contributed by atoms with van der Waals surface area (Å²) in [6, 6.07) is 0. The largest absolute Gasteiger partial charge is 0.379 e. The van der Waals surface area contributed by atoms with Crippen molar-refractivity contribution in [3.8, 4) is 0 Å². The predicted octanol–water partition coefficient (Wildman–Crippen LogP) is 0.762. The van der Waals surface area contributed by atoms with Gasteiger partial charge in [0.25, 0.3) is 0 Å². The van der Waals surface area contributed by atoms with Gasteiger partial charge in [0.2, 0.25) is 0 Å². The molecule has 1 heterocycles. The summed E-state index contributed by atoms with van der Waals surface area (Å²) in [6.45, 7) is 2.95. The van der Waals surface area contributed by atoms with E-state index in [0.717, 1.165) is 13.1 Å². The second-order valence-corrected chi connectivity index (χ2v) is 5.08. The van der Waals surface area contributed by atoms with Crippen molar-refractivity contribution >= 4 is 7.60 Å². The Hall–Kier alpha value is 0.0700. The number of nitrogens with zero attached hydrogens (tertiary/aromatic N) is 1. The lowest BCUT2D eigenvalue weighted by molar-refractivity contribution is 0.0430. The number of hydrogen-bond donors (Lipinski definition) is 0. The highest BCUT2D eigenvalue weighted by molar-refractivity contribution is 7.53. The minimum atomic E-state index is -2.88. The van der Waals surface area contributed by atoms with E-state index >= 15 is 0 Å². The number of rotatable bonds is 4. The van der Waals surface area contributed by atoms with Gasteiger partial charge in [-0.15, -0.1) is 0 Å². The molecular formula is C7H16NO4P. The fourth-order valence-corrected chi connectivity index (χ4v) is 2.33. The Morgan fingerprint density at radius 3 is 2.31 bits per heavy atom. The summed E-state index contributed by atoms with van der Waals surface area (Å²) in [6.07, 6.45) is 0.351.